The van der Waals surface area contributed by atoms with Crippen LogP contribution in [-0.2, 0) is 24.4 Å². The summed E-state index contributed by atoms with van der Waals surface area (Å²) in [5.74, 6) is -2.67. The van der Waals surface area contributed by atoms with Gasteiger partial charge in [-0.25, -0.2) is 0 Å². The summed E-state index contributed by atoms with van der Waals surface area (Å²) >= 11 is 0. The molecule has 0 heterocycles. The smallest absolute Gasteiger partial charge is 1.00 e. The third-order valence-corrected chi connectivity index (χ3v) is 4.85. The molecule has 9 heteroatoms. The molecule has 0 saturated carbocycles. The fourth-order valence-electron chi connectivity index (χ4n) is 2.39. The zero-order valence-corrected chi connectivity index (χ0v) is 18.4. The molecule has 0 spiro atoms. The molecule has 0 radical (unpaired) electrons. The van der Waals surface area contributed by atoms with E-state index in [0.717, 1.165) is 44.9 Å². The molecular weight excluding hydrogens is 359 g/mol. The molecular formula is C16H31NaO7S. The zero-order chi connectivity index (χ0) is 18.6. The van der Waals surface area contributed by atoms with Crippen LogP contribution in [0.5, 0.6) is 0 Å². The van der Waals surface area contributed by atoms with E-state index in [1.165, 1.54) is 0 Å². The fraction of sp³-hybridized carbons (Fsp3) is 0.875. The molecule has 0 aliphatic rings. The normalized spacial score (nSPS) is 13.6. The fourth-order valence-corrected chi connectivity index (χ4v) is 3.04. The number of carbonyl (C=O) groups excluding carboxylic acids is 1. The van der Waals surface area contributed by atoms with Crippen LogP contribution in [0.1, 0.15) is 79.5 Å². The molecule has 25 heavy (non-hydrogen) atoms. The molecule has 0 aromatic rings. The van der Waals surface area contributed by atoms with E-state index in [0.29, 0.717) is 12.8 Å². The van der Waals surface area contributed by atoms with Crippen molar-refractivity contribution in [1.29, 1.82) is 0 Å². The number of carbonyl (C=O) groups is 2. The summed E-state index contributed by atoms with van der Waals surface area (Å²) in [5.41, 5.74) is 0. The molecule has 2 atom stereocenters. The van der Waals surface area contributed by atoms with Crippen LogP contribution < -0.4 is 29.6 Å². The van der Waals surface area contributed by atoms with Crippen molar-refractivity contribution in [3.8, 4) is 0 Å². The number of hydrogen-bond donors (Lipinski definition) is 2. The van der Waals surface area contributed by atoms with Crippen molar-refractivity contribution < 1.29 is 63.4 Å². The second kappa shape index (κ2) is 15.0. The first-order valence-electron chi connectivity index (χ1n) is 8.60. The van der Waals surface area contributed by atoms with Crippen LogP contribution in [0, 0.1) is 0 Å². The number of unbranched alkanes of at least 4 members (excludes halogenated alkanes) is 5. The van der Waals surface area contributed by atoms with E-state index in [1.54, 1.807) is 0 Å². The van der Waals surface area contributed by atoms with Crippen LogP contribution in [0.15, 0.2) is 0 Å². The summed E-state index contributed by atoms with van der Waals surface area (Å²) in [6.45, 7) is 4.13. The SMILES string of the molecule is CCCCCCC(CCCCC)OC(=O)C(CC(=O)O)S(=O)(=O)O.[H-].[Na+]. The molecule has 0 aliphatic heterocycles. The van der Waals surface area contributed by atoms with Gasteiger partial charge in [-0.1, -0.05) is 46.0 Å². The summed E-state index contributed by atoms with van der Waals surface area (Å²) in [7, 11) is -4.81. The van der Waals surface area contributed by atoms with E-state index in [9.17, 15) is 18.0 Å². The largest absolute Gasteiger partial charge is 1.00 e. The second-order valence-corrected chi connectivity index (χ2v) is 7.60. The van der Waals surface area contributed by atoms with E-state index >= 15 is 0 Å². The molecule has 0 bridgehead atoms. The molecule has 0 aromatic heterocycles. The Morgan fingerprint density at radius 2 is 1.48 bits per heavy atom. The van der Waals surface area contributed by atoms with E-state index in [4.69, 9.17) is 14.4 Å². The van der Waals surface area contributed by atoms with Crippen molar-refractivity contribution in [2.75, 3.05) is 0 Å². The quantitative estimate of drug-likeness (QED) is 0.189. The number of hydrogen-bond acceptors (Lipinski definition) is 5. The molecule has 144 valence electrons. The van der Waals surface area contributed by atoms with Crippen LogP contribution in [0.3, 0.4) is 0 Å². The van der Waals surface area contributed by atoms with Gasteiger partial charge in [0.1, 0.15) is 6.10 Å². The van der Waals surface area contributed by atoms with Crippen molar-refractivity contribution in [2.24, 2.45) is 0 Å². The topological polar surface area (TPSA) is 118 Å². The van der Waals surface area contributed by atoms with E-state index in [1.807, 2.05) is 6.92 Å². The van der Waals surface area contributed by atoms with E-state index in [2.05, 4.69) is 6.92 Å². The van der Waals surface area contributed by atoms with Gasteiger partial charge in [-0.2, -0.15) is 8.42 Å². The molecule has 2 unspecified atom stereocenters. The maximum atomic E-state index is 12.0. The van der Waals surface area contributed by atoms with Gasteiger partial charge >= 0.3 is 41.5 Å². The third-order valence-electron chi connectivity index (χ3n) is 3.77. The summed E-state index contributed by atoms with van der Waals surface area (Å²) in [4.78, 5) is 22.8. The molecule has 0 aliphatic carbocycles. The molecule has 2 N–H and O–H groups in total. The molecule has 0 amide bonds. The Kier molecular flexibility index (Phi) is 16.2. The number of carboxylic acids is 1. The number of ether oxygens (including phenoxy) is 1. The Labute approximate surface area is 174 Å². The van der Waals surface area contributed by atoms with Gasteiger partial charge in [0.2, 0.25) is 0 Å². The summed E-state index contributed by atoms with van der Waals surface area (Å²) < 4.78 is 36.8. The van der Waals surface area contributed by atoms with Crippen LogP contribution >= 0.6 is 0 Å². The molecule has 0 rings (SSSR count). The average Bonchev–Trinajstić information content (AvgIpc) is 2.47. The Morgan fingerprint density at radius 1 is 1.00 bits per heavy atom. The van der Waals surface area contributed by atoms with Gasteiger partial charge in [0, 0.05) is 0 Å². The minimum absolute atomic E-state index is 0. The van der Waals surface area contributed by atoms with Gasteiger partial charge in [-0.05, 0) is 25.7 Å². The molecule has 0 fully saturated rings. The number of carboxylic acid groups (broad SMARTS) is 1. The Morgan fingerprint density at radius 3 is 1.92 bits per heavy atom. The van der Waals surface area contributed by atoms with Crippen molar-refractivity contribution in [2.45, 2.75) is 89.4 Å². The van der Waals surface area contributed by atoms with Crippen molar-refractivity contribution in [1.82, 2.24) is 0 Å². The first-order chi connectivity index (χ1) is 11.2. The van der Waals surface area contributed by atoms with Crippen LogP contribution in [0.4, 0.5) is 0 Å². The molecule has 0 aromatic carbocycles. The van der Waals surface area contributed by atoms with Crippen LogP contribution in [-0.4, -0.2) is 41.4 Å². The van der Waals surface area contributed by atoms with Gasteiger partial charge in [-0.3, -0.25) is 14.1 Å². The molecule has 7 nitrogen and oxygen atoms in total. The van der Waals surface area contributed by atoms with Crippen molar-refractivity contribution in [3.63, 3.8) is 0 Å². The Bertz CT molecular complexity index is 485. The van der Waals surface area contributed by atoms with Crippen LogP contribution in [0.2, 0.25) is 0 Å². The summed E-state index contributed by atoms with van der Waals surface area (Å²) in [5, 5.41) is 6.65. The minimum atomic E-state index is -4.81. The predicted molar refractivity (Wildman–Crippen MR) is 91.5 cm³/mol. The van der Waals surface area contributed by atoms with Gasteiger partial charge in [0.05, 0.1) is 6.42 Å². The van der Waals surface area contributed by atoms with Crippen molar-refractivity contribution in [3.05, 3.63) is 0 Å². The second-order valence-electron chi connectivity index (χ2n) is 6.01. The predicted octanol–water partition coefficient (Wildman–Crippen LogP) is 0.297. The third kappa shape index (κ3) is 13.7. The zero-order valence-electron chi connectivity index (χ0n) is 16.6. The summed E-state index contributed by atoms with van der Waals surface area (Å²) in [6.07, 6.45) is 6.58. The number of rotatable bonds is 14. The molecule has 0 saturated heterocycles. The van der Waals surface area contributed by atoms with Gasteiger partial charge in [0.15, 0.2) is 5.25 Å². The monoisotopic (exact) mass is 390 g/mol. The number of esters is 1. The maximum absolute atomic E-state index is 12.0. The maximum Gasteiger partial charge on any atom is 1.00 e. The van der Waals surface area contributed by atoms with Gasteiger partial charge < -0.3 is 11.3 Å². The standard InChI is InChI=1S/C16H30O7S.Na.H/c1-3-5-7-9-11-13(10-8-6-4-2)23-16(19)14(12-15(17)18)24(20,21)22;;/h13-14H,3-12H2,1-2H3,(H,17,18)(H,20,21,22);;/q;+1;-1. The van der Waals surface area contributed by atoms with Gasteiger partial charge in [0.25, 0.3) is 10.1 Å². The van der Waals surface area contributed by atoms with E-state index in [-0.39, 0.29) is 31.0 Å². The van der Waals surface area contributed by atoms with E-state index < -0.39 is 39.8 Å². The Hall–Kier alpha value is -0.150. The van der Waals surface area contributed by atoms with Gasteiger partial charge in [-0.15, -0.1) is 0 Å². The van der Waals surface area contributed by atoms with Crippen LogP contribution in [0.25, 0.3) is 0 Å². The minimum Gasteiger partial charge on any atom is -1.00 e. The first-order valence-corrected chi connectivity index (χ1v) is 10.1. The number of aliphatic carboxylic acids is 1. The Balaban J connectivity index is -0.00000264. The average molecular weight is 390 g/mol. The first kappa shape index (κ1) is 27.1. The van der Waals surface area contributed by atoms with Crippen molar-refractivity contribution >= 4 is 22.1 Å². The summed E-state index contributed by atoms with van der Waals surface area (Å²) in [6, 6.07) is 0.